The highest BCUT2D eigenvalue weighted by Gasteiger charge is 2.30. The molecular weight excluding hydrogens is 138 g/mol. The molecule has 0 aromatic rings. The zero-order valence-corrected chi connectivity index (χ0v) is 6.76. The molecule has 11 heavy (non-hydrogen) atoms. The highest BCUT2D eigenvalue weighted by atomic mass is 16.1. The summed E-state index contributed by atoms with van der Waals surface area (Å²) in [5.41, 5.74) is -0.281. The third-order valence-corrected chi connectivity index (χ3v) is 2.32. The average Bonchev–Trinajstić information content (AvgIpc) is 2.04. The van der Waals surface area contributed by atoms with Gasteiger partial charge in [-0.15, -0.1) is 0 Å². The molecule has 1 aliphatic carbocycles. The number of hydrogen-bond acceptors (Lipinski definition) is 2. The van der Waals surface area contributed by atoms with Crippen LogP contribution in [0.1, 0.15) is 26.2 Å². The first-order valence-corrected chi connectivity index (χ1v) is 3.89. The van der Waals surface area contributed by atoms with Gasteiger partial charge in [0.1, 0.15) is 0 Å². The lowest BCUT2D eigenvalue weighted by atomic mass is 9.76. The monoisotopic (exact) mass is 151 g/mol. The molecule has 0 saturated carbocycles. The number of nitrogens with one attached hydrogen (secondary N) is 1. The van der Waals surface area contributed by atoms with E-state index in [1.807, 2.05) is 13.0 Å². The molecule has 0 fully saturated rings. The maximum Gasteiger partial charge on any atom is 0.179 e. The number of carbonyl (C=O) groups excluding carboxylic acids is 1. The molecule has 1 rings (SSSR count). The number of hydrogen-bond donors (Lipinski definition) is 1. The van der Waals surface area contributed by atoms with E-state index >= 15 is 0 Å². The van der Waals surface area contributed by atoms with E-state index in [1.165, 1.54) is 0 Å². The highest BCUT2D eigenvalue weighted by molar-refractivity contribution is 6.28. The Morgan fingerprint density at radius 2 is 2.36 bits per heavy atom. The zero-order valence-electron chi connectivity index (χ0n) is 6.76. The van der Waals surface area contributed by atoms with Crippen LogP contribution in [0, 0.1) is 10.8 Å². The van der Waals surface area contributed by atoms with Crippen LogP contribution in [-0.2, 0) is 4.79 Å². The molecule has 0 aliphatic heterocycles. The van der Waals surface area contributed by atoms with Crippen molar-refractivity contribution in [2.45, 2.75) is 26.2 Å². The van der Waals surface area contributed by atoms with Gasteiger partial charge in [0, 0.05) is 5.41 Å². The average molecular weight is 151 g/mol. The first-order chi connectivity index (χ1) is 5.19. The van der Waals surface area contributed by atoms with E-state index in [9.17, 15) is 4.79 Å². The third-order valence-electron chi connectivity index (χ3n) is 2.32. The van der Waals surface area contributed by atoms with Crippen LogP contribution >= 0.6 is 0 Å². The molecule has 1 N–H and O–H groups in total. The standard InChI is InChI=1S/C9H13NO/c1-9(8(11)7-10)5-3-2-4-6-9/h2-3,7,10H,4-6H2,1H3. The maximum atomic E-state index is 11.2. The molecular formula is C9H13NO. The van der Waals surface area contributed by atoms with Crippen molar-refractivity contribution < 1.29 is 4.79 Å². The van der Waals surface area contributed by atoms with Crippen LogP contribution in [-0.4, -0.2) is 12.0 Å². The molecule has 0 heterocycles. The van der Waals surface area contributed by atoms with E-state index in [0.29, 0.717) is 0 Å². The summed E-state index contributed by atoms with van der Waals surface area (Å²) < 4.78 is 0. The molecule has 2 nitrogen and oxygen atoms in total. The van der Waals surface area contributed by atoms with E-state index in [0.717, 1.165) is 25.5 Å². The van der Waals surface area contributed by atoms with Crippen molar-refractivity contribution in [2.24, 2.45) is 5.41 Å². The van der Waals surface area contributed by atoms with Gasteiger partial charge < -0.3 is 5.41 Å². The molecule has 0 bridgehead atoms. The number of rotatable bonds is 2. The summed E-state index contributed by atoms with van der Waals surface area (Å²) in [4.78, 5) is 11.2. The van der Waals surface area contributed by atoms with Crippen LogP contribution in [0.4, 0.5) is 0 Å². The van der Waals surface area contributed by atoms with Crippen molar-refractivity contribution in [2.75, 3.05) is 0 Å². The molecule has 1 unspecified atom stereocenters. The second-order valence-corrected chi connectivity index (χ2v) is 3.28. The molecule has 0 radical (unpaired) electrons. The van der Waals surface area contributed by atoms with Crippen LogP contribution in [0.3, 0.4) is 0 Å². The van der Waals surface area contributed by atoms with Crippen LogP contribution < -0.4 is 0 Å². The van der Waals surface area contributed by atoms with E-state index in [-0.39, 0.29) is 11.2 Å². The Balaban J connectivity index is 2.73. The highest BCUT2D eigenvalue weighted by Crippen LogP contribution is 2.32. The number of Topliss-reactive ketones (excluding diaryl/α,β-unsaturated/α-hetero) is 1. The van der Waals surface area contributed by atoms with Crippen LogP contribution in [0.25, 0.3) is 0 Å². The lowest BCUT2D eigenvalue weighted by Gasteiger charge is -2.26. The summed E-state index contributed by atoms with van der Waals surface area (Å²) >= 11 is 0. The molecule has 1 aliphatic rings. The van der Waals surface area contributed by atoms with Gasteiger partial charge in [-0.05, 0) is 19.3 Å². The topological polar surface area (TPSA) is 40.9 Å². The predicted octanol–water partition coefficient (Wildman–Crippen LogP) is 1.95. The lowest BCUT2D eigenvalue weighted by Crippen LogP contribution is -2.29. The van der Waals surface area contributed by atoms with E-state index < -0.39 is 0 Å². The second-order valence-electron chi connectivity index (χ2n) is 3.28. The van der Waals surface area contributed by atoms with Crippen molar-refractivity contribution in [1.82, 2.24) is 0 Å². The van der Waals surface area contributed by atoms with Gasteiger partial charge in [0.15, 0.2) is 5.78 Å². The normalized spacial score (nSPS) is 29.9. The fourth-order valence-electron chi connectivity index (χ4n) is 1.36. The van der Waals surface area contributed by atoms with E-state index in [1.54, 1.807) is 0 Å². The SMILES string of the molecule is CC1(C(=O)C=N)CC=CCC1. The van der Waals surface area contributed by atoms with Crippen molar-refractivity contribution in [3.8, 4) is 0 Å². The minimum absolute atomic E-state index is 0.0400. The molecule has 1 atom stereocenters. The van der Waals surface area contributed by atoms with Gasteiger partial charge in [-0.25, -0.2) is 0 Å². The summed E-state index contributed by atoms with van der Waals surface area (Å²) in [7, 11) is 0. The zero-order chi connectivity index (χ0) is 8.32. The van der Waals surface area contributed by atoms with Gasteiger partial charge in [0.2, 0.25) is 0 Å². The molecule has 0 spiro atoms. The Labute approximate surface area is 66.8 Å². The number of ketones is 1. The maximum absolute atomic E-state index is 11.2. The summed E-state index contributed by atoms with van der Waals surface area (Å²) in [5, 5.41) is 6.87. The van der Waals surface area contributed by atoms with Crippen molar-refractivity contribution in [1.29, 1.82) is 5.41 Å². The Kier molecular flexibility index (Phi) is 2.22. The number of carbonyl (C=O) groups is 1. The molecule has 60 valence electrons. The van der Waals surface area contributed by atoms with E-state index in [2.05, 4.69) is 6.08 Å². The second kappa shape index (κ2) is 2.99. The summed E-state index contributed by atoms with van der Waals surface area (Å²) in [5.74, 6) is -0.0400. The van der Waals surface area contributed by atoms with E-state index in [4.69, 9.17) is 5.41 Å². The molecule has 2 heteroatoms. The van der Waals surface area contributed by atoms with Crippen LogP contribution in [0.2, 0.25) is 0 Å². The van der Waals surface area contributed by atoms with Crippen molar-refractivity contribution in [3.63, 3.8) is 0 Å². The van der Waals surface area contributed by atoms with Gasteiger partial charge in [0.25, 0.3) is 0 Å². The summed E-state index contributed by atoms with van der Waals surface area (Å²) in [6.07, 6.45) is 7.72. The first kappa shape index (κ1) is 8.18. The summed E-state index contributed by atoms with van der Waals surface area (Å²) in [6, 6.07) is 0. The Morgan fingerprint density at radius 1 is 1.64 bits per heavy atom. The van der Waals surface area contributed by atoms with Crippen molar-refractivity contribution in [3.05, 3.63) is 12.2 Å². The molecule has 0 aromatic carbocycles. The Morgan fingerprint density at radius 3 is 2.82 bits per heavy atom. The molecule has 0 aromatic heterocycles. The van der Waals surface area contributed by atoms with Gasteiger partial charge in [0.05, 0.1) is 6.21 Å². The minimum atomic E-state index is -0.281. The van der Waals surface area contributed by atoms with Crippen molar-refractivity contribution >= 4 is 12.0 Å². The summed E-state index contributed by atoms with van der Waals surface area (Å²) in [6.45, 7) is 1.93. The number of allylic oxidation sites excluding steroid dienone is 2. The van der Waals surface area contributed by atoms with Gasteiger partial charge in [-0.2, -0.15) is 0 Å². The third kappa shape index (κ3) is 1.56. The largest absolute Gasteiger partial charge is 0.305 e. The van der Waals surface area contributed by atoms with Gasteiger partial charge in [-0.1, -0.05) is 19.1 Å². The van der Waals surface area contributed by atoms with Crippen LogP contribution in [0.15, 0.2) is 12.2 Å². The molecule has 0 saturated heterocycles. The molecule has 0 amide bonds. The predicted molar refractivity (Wildman–Crippen MR) is 44.9 cm³/mol. The Bertz CT molecular complexity index is 208. The van der Waals surface area contributed by atoms with Crippen LogP contribution in [0.5, 0.6) is 0 Å². The first-order valence-electron chi connectivity index (χ1n) is 3.89. The fraction of sp³-hybridized carbons (Fsp3) is 0.556. The van der Waals surface area contributed by atoms with Gasteiger partial charge >= 0.3 is 0 Å². The Hall–Kier alpha value is -0.920. The van der Waals surface area contributed by atoms with Gasteiger partial charge in [-0.3, -0.25) is 4.79 Å². The smallest absolute Gasteiger partial charge is 0.179 e. The lowest BCUT2D eigenvalue weighted by molar-refractivity contribution is -0.121. The fourth-order valence-corrected chi connectivity index (χ4v) is 1.36. The quantitative estimate of drug-likeness (QED) is 0.475. The minimum Gasteiger partial charge on any atom is -0.305 e.